The molecule has 0 saturated carbocycles. The summed E-state index contributed by atoms with van der Waals surface area (Å²) in [4.78, 5) is 10.3. The SMILES string of the molecule is [Cl-].[Cl-].[Cl-].[Zr+2].[Zr+2].[Zr+2].[c-]1nc[nH]n1.[c-]1nc[nH]n1.[c-]1nc[nH]n1. The molecule has 0 bridgehead atoms. The van der Waals surface area contributed by atoms with E-state index in [0.29, 0.717) is 0 Å². The van der Waals surface area contributed by atoms with Crippen LogP contribution in [0.3, 0.4) is 0 Å². The van der Waals surface area contributed by atoms with Crippen LogP contribution in [0.4, 0.5) is 0 Å². The molecule has 0 spiro atoms. The molecule has 0 atom stereocenters. The van der Waals surface area contributed by atoms with Crippen molar-refractivity contribution < 1.29 is 116 Å². The third-order valence-electron chi connectivity index (χ3n) is 0.884. The van der Waals surface area contributed by atoms with E-state index in [-0.39, 0.29) is 116 Å². The van der Waals surface area contributed by atoms with Crippen molar-refractivity contribution in [3.8, 4) is 0 Å². The quantitative estimate of drug-likeness (QED) is 0.226. The average Bonchev–Trinajstić information content (AvgIpc) is 3.09. The molecule has 0 radical (unpaired) electrons. The van der Waals surface area contributed by atoms with Gasteiger partial charge in [-0.05, 0) is 38.0 Å². The summed E-state index contributed by atoms with van der Waals surface area (Å²) in [5.41, 5.74) is 0. The summed E-state index contributed by atoms with van der Waals surface area (Å²) in [5, 5.41) is 17.4. The van der Waals surface area contributed by atoms with Crippen molar-refractivity contribution in [2.45, 2.75) is 0 Å². The zero-order valence-corrected chi connectivity index (χ0v) is 19.7. The Morgan fingerprint density at radius 1 is 0.524 bits per heavy atom. The Bertz CT molecular complexity index is 271. The van der Waals surface area contributed by atoms with Crippen molar-refractivity contribution in [3.05, 3.63) is 38.0 Å². The van der Waals surface area contributed by atoms with Gasteiger partial charge in [-0.25, -0.2) is 0 Å². The average molecular weight is 584 g/mol. The standard InChI is InChI=1S/3C2H2N3.3ClH.3Zr/c3*1-3-2-5-4-1;;;;;;/h3*1H,(H,3,4,5);3*1H;;;/q3*-1;;;;3*+2/p-3. The minimum absolute atomic E-state index is 0. The van der Waals surface area contributed by atoms with Crippen molar-refractivity contribution in [3.63, 3.8) is 0 Å². The van der Waals surface area contributed by atoms with Crippen LogP contribution in [0, 0.1) is 19.0 Å². The molecular formula is C6H6Cl3N9Zr3. The van der Waals surface area contributed by atoms with E-state index >= 15 is 0 Å². The third kappa shape index (κ3) is 29.6. The van der Waals surface area contributed by atoms with Gasteiger partial charge in [-0.1, -0.05) is 0 Å². The number of H-pyrrole nitrogens is 3. The van der Waals surface area contributed by atoms with E-state index in [1.807, 2.05) is 0 Å². The van der Waals surface area contributed by atoms with Crippen LogP contribution in [0.25, 0.3) is 0 Å². The first-order chi connectivity index (χ1) is 7.50. The Labute approximate surface area is 197 Å². The number of aromatic amines is 3. The molecule has 21 heavy (non-hydrogen) atoms. The van der Waals surface area contributed by atoms with Gasteiger partial charge in [-0.15, -0.1) is 0 Å². The van der Waals surface area contributed by atoms with E-state index in [9.17, 15) is 0 Å². The molecule has 15 heteroatoms. The number of aromatic nitrogens is 9. The first-order valence-electron chi connectivity index (χ1n) is 3.65. The van der Waals surface area contributed by atoms with Gasteiger partial charge in [-0.3, -0.25) is 15.3 Å². The number of nitrogens with zero attached hydrogens (tertiary/aromatic N) is 6. The number of hydrogen-bond acceptors (Lipinski definition) is 6. The number of halogens is 3. The number of rotatable bonds is 0. The van der Waals surface area contributed by atoms with Crippen LogP contribution in [0.2, 0.25) is 0 Å². The molecule has 0 aliphatic carbocycles. The van der Waals surface area contributed by atoms with E-state index in [2.05, 4.69) is 64.5 Å². The Kier molecular flexibility index (Phi) is 59.1. The predicted molar refractivity (Wildman–Crippen MR) is 45.7 cm³/mol. The van der Waals surface area contributed by atoms with Crippen molar-refractivity contribution in [2.75, 3.05) is 0 Å². The Morgan fingerprint density at radius 3 is 0.810 bits per heavy atom. The number of hydrogen-bond donors (Lipinski definition) is 3. The molecule has 3 heterocycles. The van der Waals surface area contributed by atoms with Gasteiger partial charge in [0.25, 0.3) is 0 Å². The first kappa shape index (κ1) is 37.9. The fraction of sp³-hybridized carbons (Fsp3) is 0. The third-order valence-corrected chi connectivity index (χ3v) is 0.884. The summed E-state index contributed by atoms with van der Waals surface area (Å²) in [5.74, 6) is 0. The van der Waals surface area contributed by atoms with Crippen LogP contribution in [0.1, 0.15) is 0 Å². The second kappa shape index (κ2) is 32.8. The fourth-order valence-electron chi connectivity index (χ4n) is 0.433. The van der Waals surface area contributed by atoms with Crippen LogP contribution >= 0.6 is 0 Å². The van der Waals surface area contributed by atoms with Crippen LogP contribution in [-0.4, -0.2) is 45.5 Å². The van der Waals surface area contributed by atoms with Gasteiger partial charge in [0, 0.05) is 0 Å². The van der Waals surface area contributed by atoms with Crippen molar-refractivity contribution in [1.82, 2.24) is 45.5 Å². The minimum atomic E-state index is 0. The number of nitrogens with one attached hydrogen (secondary N) is 3. The molecule has 3 N–H and O–H groups in total. The molecule has 0 saturated heterocycles. The van der Waals surface area contributed by atoms with Gasteiger partial charge in [0.15, 0.2) is 0 Å². The maximum Gasteiger partial charge on any atom is 2.00 e. The van der Waals surface area contributed by atoms with Gasteiger partial charge in [-0.2, -0.15) is 0 Å². The molecule has 0 amide bonds. The van der Waals surface area contributed by atoms with Crippen LogP contribution in [0.5, 0.6) is 0 Å². The van der Waals surface area contributed by atoms with E-state index in [1.165, 1.54) is 19.0 Å². The summed E-state index contributed by atoms with van der Waals surface area (Å²) in [6.07, 6.45) is 11.3. The summed E-state index contributed by atoms with van der Waals surface area (Å²) < 4.78 is 0. The molecule has 108 valence electrons. The second-order valence-corrected chi connectivity index (χ2v) is 1.80. The summed E-state index contributed by atoms with van der Waals surface area (Å²) in [7, 11) is 0. The molecule has 9 nitrogen and oxygen atoms in total. The molecule has 3 aromatic heterocycles. The molecule has 3 aromatic rings. The predicted octanol–water partition coefficient (Wildman–Crippen LogP) is -10.2. The van der Waals surface area contributed by atoms with E-state index < -0.39 is 0 Å². The molecule has 0 aromatic carbocycles. The topological polar surface area (TPSA) is 125 Å². The van der Waals surface area contributed by atoms with Gasteiger partial charge >= 0.3 is 78.6 Å². The van der Waals surface area contributed by atoms with Crippen LogP contribution in [0.15, 0.2) is 19.0 Å². The Balaban J connectivity index is -0.0000000352. The summed E-state index contributed by atoms with van der Waals surface area (Å²) >= 11 is 0. The molecule has 0 aliphatic heterocycles. The summed E-state index contributed by atoms with van der Waals surface area (Å²) in [6.45, 7) is 0. The second-order valence-electron chi connectivity index (χ2n) is 1.80. The van der Waals surface area contributed by atoms with Gasteiger partial charge < -0.3 is 67.5 Å². The summed E-state index contributed by atoms with van der Waals surface area (Å²) in [6, 6.07) is 0. The Morgan fingerprint density at radius 2 is 0.762 bits per heavy atom. The fourth-order valence-corrected chi connectivity index (χ4v) is 0.433. The monoisotopic (exact) mass is 579 g/mol. The van der Waals surface area contributed by atoms with E-state index in [1.54, 1.807) is 0 Å². The smallest absolute Gasteiger partial charge is 1.00 e. The Hall–Kier alpha value is 0.939. The van der Waals surface area contributed by atoms with Crippen molar-refractivity contribution in [1.29, 1.82) is 0 Å². The minimum Gasteiger partial charge on any atom is -1.00 e. The molecule has 0 aliphatic rings. The molecule has 0 unspecified atom stereocenters. The zero-order valence-electron chi connectivity index (χ0n) is 10.0. The molecule has 3 rings (SSSR count). The molecular weight excluding hydrogens is 578 g/mol. The van der Waals surface area contributed by atoms with E-state index in [4.69, 9.17) is 0 Å². The van der Waals surface area contributed by atoms with Crippen LogP contribution in [-0.2, 0) is 78.6 Å². The molecule has 0 fully saturated rings. The maximum absolute atomic E-state index is 3.43. The van der Waals surface area contributed by atoms with E-state index in [0.717, 1.165) is 0 Å². The van der Waals surface area contributed by atoms with Crippen molar-refractivity contribution in [2.24, 2.45) is 0 Å². The van der Waals surface area contributed by atoms with Crippen LogP contribution < -0.4 is 37.2 Å². The van der Waals surface area contributed by atoms with Crippen molar-refractivity contribution >= 4 is 0 Å². The van der Waals surface area contributed by atoms with Gasteiger partial charge in [0.05, 0.1) is 0 Å². The largest absolute Gasteiger partial charge is 2.00 e. The normalized spacial score (nSPS) is 5.71. The maximum atomic E-state index is 3.43. The van der Waals surface area contributed by atoms with Gasteiger partial charge in [0.2, 0.25) is 0 Å². The first-order valence-corrected chi connectivity index (χ1v) is 3.65. The zero-order chi connectivity index (χ0) is 10.6. The van der Waals surface area contributed by atoms with Gasteiger partial charge in [0.1, 0.15) is 0 Å².